The first-order valence-electron chi connectivity index (χ1n) is 5.96. The number of hydrogen-bond acceptors (Lipinski definition) is 4. The summed E-state index contributed by atoms with van der Waals surface area (Å²) in [6.07, 6.45) is 5.59. The van der Waals surface area contributed by atoms with Crippen molar-refractivity contribution in [1.82, 2.24) is 19.9 Å². The number of rotatable bonds is 3. The van der Waals surface area contributed by atoms with Gasteiger partial charge in [-0.05, 0) is 13.0 Å². The summed E-state index contributed by atoms with van der Waals surface area (Å²) in [5, 5.41) is 6.94. The predicted octanol–water partition coefficient (Wildman–Crippen LogP) is 0.633. The molecular weight excluding hydrogens is 232 g/mol. The molecule has 0 saturated carbocycles. The number of amides is 1. The van der Waals surface area contributed by atoms with Gasteiger partial charge in [0.1, 0.15) is 11.6 Å². The molecule has 1 aliphatic heterocycles. The van der Waals surface area contributed by atoms with E-state index in [9.17, 15) is 4.79 Å². The fourth-order valence-corrected chi connectivity index (χ4v) is 2.16. The quantitative estimate of drug-likeness (QED) is 0.862. The van der Waals surface area contributed by atoms with Gasteiger partial charge in [-0.1, -0.05) is 0 Å². The highest BCUT2D eigenvalue weighted by Crippen LogP contribution is 2.22. The Hall–Kier alpha value is -2.11. The zero-order chi connectivity index (χ0) is 12.5. The molecule has 1 N–H and O–H groups in total. The van der Waals surface area contributed by atoms with Gasteiger partial charge in [0.05, 0.1) is 6.20 Å². The van der Waals surface area contributed by atoms with E-state index in [1.54, 1.807) is 23.1 Å². The third kappa shape index (κ3) is 1.90. The maximum absolute atomic E-state index is 11.2. The van der Waals surface area contributed by atoms with Crippen LogP contribution in [0, 0.1) is 5.92 Å². The highest BCUT2D eigenvalue weighted by atomic mass is 16.5. The summed E-state index contributed by atoms with van der Waals surface area (Å²) in [5.74, 6) is 0.843. The first kappa shape index (κ1) is 11.0. The normalized spacial score (nSPS) is 20.9. The number of aromatic nitrogens is 3. The second kappa shape index (κ2) is 4.29. The molecule has 1 aliphatic rings. The van der Waals surface area contributed by atoms with Crippen molar-refractivity contribution in [2.24, 2.45) is 5.92 Å². The minimum atomic E-state index is -0.0578. The Labute approximate surface area is 104 Å². The van der Waals surface area contributed by atoms with Crippen LogP contribution in [0.1, 0.15) is 13.3 Å². The third-order valence-electron chi connectivity index (χ3n) is 3.26. The molecule has 3 heterocycles. The first-order valence-corrected chi connectivity index (χ1v) is 5.96. The predicted molar refractivity (Wildman–Crippen MR) is 64.2 cm³/mol. The van der Waals surface area contributed by atoms with Crippen molar-refractivity contribution >= 4 is 11.4 Å². The molecule has 1 fully saturated rings. The fourth-order valence-electron chi connectivity index (χ4n) is 2.16. The Bertz CT molecular complexity index is 580. The van der Waals surface area contributed by atoms with E-state index in [0.717, 1.165) is 5.52 Å². The molecule has 6 nitrogen and oxygen atoms in total. The smallest absolute Gasteiger partial charge is 0.240 e. The summed E-state index contributed by atoms with van der Waals surface area (Å²) in [7, 11) is 0. The van der Waals surface area contributed by atoms with E-state index < -0.39 is 0 Å². The van der Waals surface area contributed by atoms with Crippen LogP contribution in [0.2, 0.25) is 0 Å². The van der Waals surface area contributed by atoms with Crippen molar-refractivity contribution in [1.29, 1.82) is 0 Å². The molecule has 0 aliphatic carbocycles. The minimum Gasteiger partial charge on any atom is -0.473 e. The molecule has 2 aromatic rings. The van der Waals surface area contributed by atoms with E-state index in [0.29, 0.717) is 18.8 Å². The maximum Gasteiger partial charge on any atom is 0.240 e. The van der Waals surface area contributed by atoms with E-state index in [2.05, 4.69) is 15.4 Å². The van der Waals surface area contributed by atoms with Crippen LogP contribution in [-0.4, -0.2) is 33.2 Å². The van der Waals surface area contributed by atoms with E-state index in [-0.39, 0.29) is 17.9 Å². The molecule has 6 heteroatoms. The lowest BCUT2D eigenvalue weighted by molar-refractivity contribution is -0.119. The Morgan fingerprint density at radius 1 is 1.56 bits per heavy atom. The molecule has 94 valence electrons. The van der Waals surface area contributed by atoms with Gasteiger partial charge in [-0.15, -0.1) is 0 Å². The van der Waals surface area contributed by atoms with Gasteiger partial charge in [0.15, 0.2) is 0 Å². The molecule has 0 radical (unpaired) electrons. The Balaban J connectivity index is 1.79. The first-order chi connectivity index (χ1) is 8.74. The second-order valence-electron chi connectivity index (χ2n) is 4.48. The number of nitrogens with zero attached hydrogens (tertiary/aromatic N) is 3. The summed E-state index contributed by atoms with van der Waals surface area (Å²) < 4.78 is 7.57. The van der Waals surface area contributed by atoms with E-state index in [1.165, 1.54) is 0 Å². The van der Waals surface area contributed by atoms with Crippen LogP contribution in [-0.2, 0) is 4.79 Å². The van der Waals surface area contributed by atoms with Crippen LogP contribution in [0.3, 0.4) is 0 Å². The summed E-state index contributed by atoms with van der Waals surface area (Å²) in [4.78, 5) is 15.4. The molecule has 0 spiro atoms. The van der Waals surface area contributed by atoms with Crippen molar-refractivity contribution in [2.75, 3.05) is 6.54 Å². The lowest BCUT2D eigenvalue weighted by Crippen LogP contribution is -2.26. The molecule has 18 heavy (non-hydrogen) atoms. The van der Waals surface area contributed by atoms with Gasteiger partial charge in [0.25, 0.3) is 0 Å². The third-order valence-corrected chi connectivity index (χ3v) is 3.26. The zero-order valence-corrected chi connectivity index (χ0v) is 10.0. The molecule has 1 amide bonds. The molecule has 0 unspecified atom stereocenters. The van der Waals surface area contributed by atoms with E-state index >= 15 is 0 Å². The monoisotopic (exact) mass is 246 g/mol. The van der Waals surface area contributed by atoms with Crippen molar-refractivity contribution in [3.05, 3.63) is 24.7 Å². The van der Waals surface area contributed by atoms with Crippen LogP contribution >= 0.6 is 0 Å². The molecule has 2 atom stereocenters. The van der Waals surface area contributed by atoms with Crippen LogP contribution in [0.25, 0.3) is 5.52 Å². The summed E-state index contributed by atoms with van der Waals surface area (Å²) in [6, 6.07) is 1.85. The zero-order valence-electron chi connectivity index (χ0n) is 10.0. The Morgan fingerprint density at radius 3 is 3.22 bits per heavy atom. The molecule has 1 saturated heterocycles. The lowest BCUT2D eigenvalue weighted by atomic mass is 10.0. The SMILES string of the molecule is C[C@@H](Oc1nccn2nccc12)[C@H]1CNC(=O)C1. The molecule has 0 aromatic carbocycles. The number of carbonyl (C=O) groups is 1. The standard InChI is InChI=1S/C12H14N4O2/c1-8(9-6-11(17)14-7-9)18-12-10-2-3-15-16(10)5-4-13-12/h2-5,8-9H,6-7H2,1H3,(H,14,17)/t8-,9-/m1/s1. The average molecular weight is 246 g/mol. The number of ether oxygens (including phenoxy) is 1. The summed E-state index contributed by atoms with van der Waals surface area (Å²) in [5.41, 5.74) is 0.835. The van der Waals surface area contributed by atoms with E-state index in [4.69, 9.17) is 4.74 Å². The van der Waals surface area contributed by atoms with Crippen LogP contribution in [0.4, 0.5) is 0 Å². The maximum atomic E-state index is 11.2. The van der Waals surface area contributed by atoms with Gasteiger partial charge in [0, 0.05) is 31.3 Å². The number of nitrogens with one attached hydrogen (secondary N) is 1. The second-order valence-corrected chi connectivity index (χ2v) is 4.48. The number of carbonyl (C=O) groups excluding carboxylic acids is 1. The van der Waals surface area contributed by atoms with Gasteiger partial charge in [-0.3, -0.25) is 4.79 Å². The average Bonchev–Trinajstić information content (AvgIpc) is 2.97. The summed E-state index contributed by atoms with van der Waals surface area (Å²) in [6.45, 7) is 2.63. The fraction of sp³-hybridized carbons (Fsp3) is 0.417. The molecule has 3 rings (SSSR count). The highest BCUT2D eigenvalue weighted by Gasteiger charge is 2.28. The largest absolute Gasteiger partial charge is 0.473 e. The molecule has 0 bridgehead atoms. The van der Waals surface area contributed by atoms with Crippen LogP contribution in [0.15, 0.2) is 24.7 Å². The minimum absolute atomic E-state index is 0.0578. The summed E-state index contributed by atoms with van der Waals surface area (Å²) >= 11 is 0. The van der Waals surface area contributed by atoms with Gasteiger partial charge >= 0.3 is 0 Å². The lowest BCUT2D eigenvalue weighted by Gasteiger charge is -2.18. The topological polar surface area (TPSA) is 68.5 Å². The highest BCUT2D eigenvalue weighted by molar-refractivity contribution is 5.78. The number of hydrogen-bond donors (Lipinski definition) is 1. The molecule has 2 aromatic heterocycles. The number of fused-ring (bicyclic) bond motifs is 1. The van der Waals surface area contributed by atoms with Gasteiger partial charge < -0.3 is 10.1 Å². The van der Waals surface area contributed by atoms with Crippen LogP contribution < -0.4 is 10.1 Å². The van der Waals surface area contributed by atoms with Crippen LogP contribution in [0.5, 0.6) is 5.88 Å². The molecular formula is C12H14N4O2. The van der Waals surface area contributed by atoms with Gasteiger partial charge in [0.2, 0.25) is 11.8 Å². The van der Waals surface area contributed by atoms with Crippen molar-refractivity contribution in [3.63, 3.8) is 0 Å². The van der Waals surface area contributed by atoms with Crippen molar-refractivity contribution < 1.29 is 9.53 Å². The van der Waals surface area contributed by atoms with Crippen molar-refractivity contribution in [3.8, 4) is 5.88 Å². The van der Waals surface area contributed by atoms with E-state index in [1.807, 2.05) is 13.0 Å². The Morgan fingerprint density at radius 2 is 2.44 bits per heavy atom. The van der Waals surface area contributed by atoms with Gasteiger partial charge in [-0.25, -0.2) is 9.50 Å². The Kier molecular flexibility index (Phi) is 2.62. The van der Waals surface area contributed by atoms with Crippen molar-refractivity contribution in [2.45, 2.75) is 19.4 Å². The van der Waals surface area contributed by atoms with Gasteiger partial charge in [-0.2, -0.15) is 5.10 Å².